The summed E-state index contributed by atoms with van der Waals surface area (Å²) in [6.45, 7) is 9.80. The fourth-order valence-electron chi connectivity index (χ4n) is 4.30. The number of likely N-dealkylation sites (tertiary alicyclic amines) is 1. The molecular formula is C28H40BrNO6. The van der Waals surface area contributed by atoms with E-state index in [2.05, 4.69) is 22.5 Å². The lowest BCUT2D eigenvalue weighted by atomic mass is 9.95. The number of unbranched alkanes of at least 4 members (excludes halogenated alkanes) is 3. The first-order valence-corrected chi connectivity index (χ1v) is 13.4. The van der Waals surface area contributed by atoms with Crippen molar-refractivity contribution in [1.82, 2.24) is 4.90 Å². The molecule has 0 N–H and O–H groups in total. The zero-order chi connectivity index (χ0) is 26.7. The number of carbonyl (C=O) groups is 3. The van der Waals surface area contributed by atoms with Gasteiger partial charge in [0.15, 0.2) is 0 Å². The third-order valence-corrected chi connectivity index (χ3v) is 6.59. The van der Waals surface area contributed by atoms with Gasteiger partial charge in [-0.3, -0.25) is 9.59 Å². The van der Waals surface area contributed by atoms with E-state index >= 15 is 0 Å². The number of nitrogens with zero attached hydrogens (tertiary/aromatic N) is 1. The van der Waals surface area contributed by atoms with E-state index in [4.69, 9.17) is 14.2 Å². The Morgan fingerprint density at radius 3 is 2.47 bits per heavy atom. The fourth-order valence-corrected chi connectivity index (χ4v) is 4.57. The first kappa shape index (κ1) is 30.0. The minimum absolute atomic E-state index is 0.0215. The molecule has 0 spiro atoms. The predicted molar refractivity (Wildman–Crippen MR) is 142 cm³/mol. The SMILES string of the molecule is C=CCCCCC[C@H](CC(=O)OC(C)(C)C)C(=O)N1C[C@@H](OCc2ccc(Br)cc2)C[C@H]1C(=O)OC. The Kier molecular flexibility index (Phi) is 12.1. The van der Waals surface area contributed by atoms with Crippen molar-refractivity contribution in [2.75, 3.05) is 13.7 Å². The van der Waals surface area contributed by atoms with Crippen molar-refractivity contribution >= 4 is 33.8 Å². The Morgan fingerprint density at radius 2 is 1.86 bits per heavy atom. The van der Waals surface area contributed by atoms with Crippen molar-refractivity contribution in [3.63, 3.8) is 0 Å². The Hall–Kier alpha value is -2.19. The summed E-state index contributed by atoms with van der Waals surface area (Å²) in [7, 11) is 1.32. The van der Waals surface area contributed by atoms with Crippen LogP contribution in [0.1, 0.15) is 71.3 Å². The molecule has 0 aliphatic carbocycles. The number of benzene rings is 1. The summed E-state index contributed by atoms with van der Waals surface area (Å²) in [6.07, 6.45) is 6.08. The molecule has 1 aliphatic heterocycles. The van der Waals surface area contributed by atoms with Crippen molar-refractivity contribution < 1.29 is 28.6 Å². The smallest absolute Gasteiger partial charge is 0.328 e. The van der Waals surface area contributed by atoms with Gasteiger partial charge in [-0.05, 0) is 57.7 Å². The Morgan fingerprint density at radius 1 is 1.17 bits per heavy atom. The maximum Gasteiger partial charge on any atom is 0.328 e. The monoisotopic (exact) mass is 565 g/mol. The van der Waals surface area contributed by atoms with Gasteiger partial charge in [0.05, 0.1) is 26.2 Å². The summed E-state index contributed by atoms with van der Waals surface area (Å²) in [4.78, 5) is 40.4. The highest BCUT2D eigenvalue weighted by Gasteiger charge is 2.43. The molecule has 1 fully saturated rings. The van der Waals surface area contributed by atoms with Crippen LogP contribution in [0.25, 0.3) is 0 Å². The molecule has 0 aromatic heterocycles. The van der Waals surface area contributed by atoms with E-state index in [0.29, 0.717) is 19.4 Å². The van der Waals surface area contributed by atoms with Crippen LogP contribution in [-0.2, 0) is 35.2 Å². The molecule has 36 heavy (non-hydrogen) atoms. The van der Waals surface area contributed by atoms with Crippen LogP contribution < -0.4 is 0 Å². The number of esters is 2. The average molecular weight is 567 g/mol. The normalized spacial score (nSPS) is 18.5. The van der Waals surface area contributed by atoms with Gasteiger partial charge in [0.2, 0.25) is 5.91 Å². The molecular weight excluding hydrogens is 526 g/mol. The zero-order valence-electron chi connectivity index (χ0n) is 22.0. The molecule has 1 aliphatic rings. The van der Waals surface area contributed by atoms with E-state index in [1.807, 2.05) is 30.3 Å². The third kappa shape index (κ3) is 10.1. The lowest BCUT2D eigenvalue weighted by Gasteiger charge is -2.28. The molecule has 1 saturated heterocycles. The number of amides is 1. The standard InChI is InChI=1S/C28H40BrNO6/c1-6-7-8-9-10-11-21(16-25(31)36-28(2,3)4)26(32)30-18-23(17-24(30)27(33)34-5)35-19-20-12-14-22(29)15-13-20/h6,12-15,21,23-24H,1,7-11,16-19H2,2-5H3/t21-,23+,24+/m1/s1. The molecule has 2 rings (SSSR count). The number of rotatable bonds is 13. The predicted octanol–water partition coefficient (Wildman–Crippen LogP) is 5.59. The topological polar surface area (TPSA) is 82.1 Å². The lowest BCUT2D eigenvalue weighted by Crippen LogP contribution is -2.45. The van der Waals surface area contributed by atoms with Crippen LogP contribution in [0.2, 0.25) is 0 Å². The number of ether oxygens (including phenoxy) is 3. The summed E-state index contributed by atoms with van der Waals surface area (Å²) in [5, 5.41) is 0. The van der Waals surface area contributed by atoms with Crippen LogP contribution in [0.5, 0.6) is 0 Å². The molecule has 1 aromatic carbocycles. The van der Waals surface area contributed by atoms with Gasteiger partial charge in [0, 0.05) is 23.4 Å². The van der Waals surface area contributed by atoms with Gasteiger partial charge in [0.25, 0.3) is 0 Å². The number of hydrogen-bond acceptors (Lipinski definition) is 6. The minimum Gasteiger partial charge on any atom is -0.467 e. The molecule has 1 amide bonds. The van der Waals surface area contributed by atoms with E-state index in [9.17, 15) is 14.4 Å². The second-order valence-corrected chi connectivity index (χ2v) is 11.2. The molecule has 1 heterocycles. The largest absolute Gasteiger partial charge is 0.467 e. The molecule has 0 unspecified atom stereocenters. The summed E-state index contributed by atoms with van der Waals surface area (Å²) in [5.41, 5.74) is 0.364. The zero-order valence-corrected chi connectivity index (χ0v) is 23.6. The number of methoxy groups -OCH3 is 1. The molecule has 8 heteroatoms. The highest BCUT2D eigenvalue weighted by molar-refractivity contribution is 9.10. The van der Waals surface area contributed by atoms with Crippen LogP contribution in [-0.4, -0.2) is 54.1 Å². The van der Waals surface area contributed by atoms with Gasteiger partial charge in [0.1, 0.15) is 11.6 Å². The number of carbonyl (C=O) groups excluding carboxylic acids is 3. The van der Waals surface area contributed by atoms with Gasteiger partial charge in [-0.1, -0.05) is 47.0 Å². The van der Waals surface area contributed by atoms with E-state index in [1.54, 1.807) is 20.8 Å². The highest BCUT2D eigenvalue weighted by atomic mass is 79.9. The van der Waals surface area contributed by atoms with Crippen molar-refractivity contribution in [2.24, 2.45) is 5.92 Å². The number of hydrogen-bond donors (Lipinski definition) is 0. The Labute approximate surface area is 223 Å². The average Bonchev–Trinajstić information content (AvgIpc) is 3.25. The summed E-state index contributed by atoms with van der Waals surface area (Å²) >= 11 is 3.42. The van der Waals surface area contributed by atoms with Gasteiger partial charge < -0.3 is 19.1 Å². The van der Waals surface area contributed by atoms with Gasteiger partial charge in [-0.25, -0.2) is 4.79 Å². The van der Waals surface area contributed by atoms with Crippen LogP contribution in [0.3, 0.4) is 0 Å². The van der Waals surface area contributed by atoms with E-state index < -0.39 is 29.5 Å². The van der Waals surface area contributed by atoms with E-state index in [0.717, 1.165) is 35.7 Å². The maximum atomic E-state index is 13.7. The first-order chi connectivity index (χ1) is 17.0. The third-order valence-electron chi connectivity index (χ3n) is 6.06. The van der Waals surface area contributed by atoms with Crippen molar-refractivity contribution in [3.05, 3.63) is 47.0 Å². The van der Waals surface area contributed by atoms with Crippen LogP contribution in [0.4, 0.5) is 0 Å². The van der Waals surface area contributed by atoms with Crippen LogP contribution >= 0.6 is 15.9 Å². The summed E-state index contributed by atoms with van der Waals surface area (Å²) in [6, 6.07) is 7.07. The van der Waals surface area contributed by atoms with Gasteiger partial charge >= 0.3 is 11.9 Å². The van der Waals surface area contributed by atoms with Gasteiger partial charge in [-0.2, -0.15) is 0 Å². The minimum atomic E-state index is -0.737. The molecule has 0 saturated carbocycles. The maximum absolute atomic E-state index is 13.7. The summed E-state index contributed by atoms with van der Waals surface area (Å²) in [5.74, 6) is -1.68. The fraction of sp³-hybridized carbons (Fsp3) is 0.607. The number of allylic oxidation sites excluding steroid dienone is 1. The highest BCUT2D eigenvalue weighted by Crippen LogP contribution is 2.28. The van der Waals surface area contributed by atoms with Crippen molar-refractivity contribution in [3.8, 4) is 0 Å². The first-order valence-electron chi connectivity index (χ1n) is 12.6. The van der Waals surface area contributed by atoms with E-state index in [-0.39, 0.29) is 25.0 Å². The molecule has 0 radical (unpaired) electrons. The van der Waals surface area contributed by atoms with Crippen LogP contribution in [0, 0.1) is 5.92 Å². The quantitative estimate of drug-likeness (QED) is 0.176. The van der Waals surface area contributed by atoms with Crippen LogP contribution in [0.15, 0.2) is 41.4 Å². The molecule has 0 bridgehead atoms. The Balaban J connectivity index is 2.11. The lowest BCUT2D eigenvalue weighted by molar-refractivity contribution is -0.159. The molecule has 200 valence electrons. The van der Waals surface area contributed by atoms with Gasteiger partial charge in [-0.15, -0.1) is 6.58 Å². The van der Waals surface area contributed by atoms with Crippen molar-refractivity contribution in [2.45, 2.75) is 90.1 Å². The second-order valence-electron chi connectivity index (χ2n) is 10.2. The van der Waals surface area contributed by atoms with Crippen molar-refractivity contribution in [1.29, 1.82) is 0 Å². The number of halogens is 1. The molecule has 3 atom stereocenters. The summed E-state index contributed by atoms with van der Waals surface area (Å²) < 4.78 is 17.5. The van der Waals surface area contributed by atoms with E-state index in [1.165, 1.54) is 12.0 Å². The molecule has 7 nitrogen and oxygen atoms in total. The molecule has 1 aromatic rings. The Bertz CT molecular complexity index is 879. The second kappa shape index (κ2) is 14.5.